The van der Waals surface area contributed by atoms with Crippen molar-refractivity contribution >= 4 is 35.4 Å². The number of hydrogen-bond acceptors (Lipinski definition) is 14. The maximum atomic E-state index is 10.0. The minimum atomic E-state index is -4.67. The number of carbonyl (C=O) groups excluding carboxylic acids is 2. The fourth-order valence-electron chi connectivity index (χ4n) is 1.29. The number of aldehydes is 2. The number of halogens is 1. The van der Waals surface area contributed by atoms with Crippen LogP contribution in [0.3, 0.4) is 0 Å². The summed E-state index contributed by atoms with van der Waals surface area (Å²) in [6.07, 6.45) is -8.85. The van der Waals surface area contributed by atoms with E-state index in [4.69, 9.17) is 69.8 Å². The van der Waals surface area contributed by atoms with Gasteiger partial charge in [-0.1, -0.05) is 0 Å². The maximum Gasteiger partial charge on any atom is 0.394 e. The van der Waals surface area contributed by atoms with Gasteiger partial charge >= 0.3 is 10.4 Å². The molecular weight excluding hydrogens is 464 g/mol. The van der Waals surface area contributed by atoms with E-state index in [1.54, 1.807) is 0 Å². The van der Waals surface area contributed by atoms with Gasteiger partial charge in [-0.3, -0.25) is 9.11 Å². The summed E-state index contributed by atoms with van der Waals surface area (Å²) in [7, 11) is -4.67. The summed E-state index contributed by atoms with van der Waals surface area (Å²) in [4.78, 5) is 20.0. The summed E-state index contributed by atoms with van der Waals surface area (Å²) in [5.41, 5.74) is 10.1. The monoisotopic (exact) mass is 492 g/mol. The first-order chi connectivity index (χ1) is 13.1. The van der Waals surface area contributed by atoms with Gasteiger partial charge in [0.1, 0.15) is 49.2 Å². The van der Waals surface area contributed by atoms with E-state index in [1.165, 1.54) is 0 Å². The molecule has 0 unspecified atom stereocenters. The van der Waals surface area contributed by atoms with Gasteiger partial charge in [0.2, 0.25) is 0 Å². The van der Waals surface area contributed by atoms with Crippen LogP contribution in [-0.2, 0) is 20.0 Å². The van der Waals surface area contributed by atoms with Crippen LogP contribution in [0.15, 0.2) is 0 Å². The first-order valence-electron chi connectivity index (χ1n) is 7.50. The molecule has 0 bridgehead atoms. The lowest BCUT2D eigenvalue weighted by atomic mass is 10.0. The number of aliphatic hydroxyl groups excluding tert-OH is 8. The van der Waals surface area contributed by atoms with Crippen LogP contribution >= 0.6 is 12.4 Å². The molecule has 30 heavy (non-hydrogen) atoms. The molecule has 18 heteroatoms. The van der Waals surface area contributed by atoms with E-state index in [1.807, 2.05) is 0 Å². The molecule has 0 amide bonds. The summed E-state index contributed by atoms with van der Waals surface area (Å²) >= 11 is 0. The molecule has 8 atom stereocenters. The Balaban J connectivity index is -0.000000180. The quantitative estimate of drug-likeness (QED) is 0.0993. The van der Waals surface area contributed by atoms with Crippen LogP contribution in [0, 0.1) is 0 Å². The molecule has 0 saturated heterocycles. The molecule has 0 aromatic heterocycles. The Bertz CT molecular complexity index is 501. The van der Waals surface area contributed by atoms with Crippen LogP contribution in [0.1, 0.15) is 0 Å². The van der Waals surface area contributed by atoms with Gasteiger partial charge in [0, 0.05) is 0 Å². The van der Waals surface area contributed by atoms with Gasteiger partial charge in [-0.2, -0.15) is 8.42 Å². The van der Waals surface area contributed by atoms with Gasteiger partial charge in [0.05, 0.1) is 25.3 Å². The number of aliphatic hydroxyl groups is 8. The zero-order valence-corrected chi connectivity index (χ0v) is 16.9. The fourth-order valence-corrected chi connectivity index (χ4v) is 1.29. The molecule has 0 aliphatic rings. The second kappa shape index (κ2) is 18.8. The highest BCUT2D eigenvalue weighted by atomic mass is 35.5. The summed E-state index contributed by atoms with van der Waals surface area (Å²) in [6, 6.07) is -2.53. The van der Waals surface area contributed by atoms with Crippen LogP contribution in [-0.4, -0.2) is 133 Å². The van der Waals surface area contributed by atoms with E-state index < -0.39 is 72.3 Å². The zero-order valence-electron chi connectivity index (χ0n) is 15.3. The third kappa shape index (κ3) is 19.1. The Labute approximate surface area is 177 Å². The van der Waals surface area contributed by atoms with E-state index in [-0.39, 0.29) is 25.0 Å². The van der Waals surface area contributed by atoms with Gasteiger partial charge in [-0.05, 0) is 0 Å². The van der Waals surface area contributed by atoms with Crippen molar-refractivity contribution in [3.8, 4) is 0 Å². The summed E-state index contributed by atoms with van der Waals surface area (Å²) < 4.78 is 31.6. The minimum absolute atomic E-state index is 0. The Morgan fingerprint density at radius 1 is 0.667 bits per heavy atom. The predicted octanol–water partition coefficient (Wildman–Crippen LogP) is -7.06. The Morgan fingerprint density at radius 2 is 0.867 bits per heavy atom. The zero-order chi connectivity index (χ0) is 23.9. The third-order valence-corrected chi connectivity index (χ3v) is 2.97. The molecule has 0 spiro atoms. The molecular formula is C12H29ClN2O14S. The van der Waals surface area contributed by atoms with Crippen molar-refractivity contribution in [3.05, 3.63) is 0 Å². The molecule has 0 heterocycles. The van der Waals surface area contributed by atoms with Crippen molar-refractivity contribution in [2.24, 2.45) is 11.5 Å². The smallest absolute Gasteiger partial charge is 0.394 e. The summed E-state index contributed by atoms with van der Waals surface area (Å²) in [5, 5.41) is 70.3. The Kier molecular flexibility index (Phi) is 22.9. The van der Waals surface area contributed by atoms with Crippen LogP contribution in [0.2, 0.25) is 0 Å². The van der Waals surface area contributed by atoms with Crippen molar-refractivity contribution in [1.82, 2.24) is 0 Å². The highest BCUT2D eigenvalue weighted by Gasteiger charge is 2.29. The number of nitrogens with two attached hydrogens (primary N) is 2. The van der Waals surface area contributed by atoms with E-state index in [9.17, 15) is 9.59 Å². The van der Waals surface area contributed by atoms with Gasteiger partial charge < -0.3 is 61.9 Å². The molecule has 0 radical (unpaired) electrons. The Morgan fingerprint density at radius 3 is 1.00 bits per heavy atom. The van der Waals surface area contributed by atoms with Gasteiger partial charge in [0.25, 0.3) is 0 Å². The average Bonchev–Trinajstić information content (AvgIpc) is 2.67. The average molecular weight is 493 g/mol. The fraction of sp³-hybridized carbons (Fsp3) is 0.833. The van der Waals surface area contributed by atoms with E-state index in [0.717, 1.165) is 0 Å². The second-order valence-electron chi connectivity index (χ2n) is 5.34. The molecule has 16 nitrogen and oxygen atoms in total. The molecule has 184 valence electrons. The first-order valence-corrected chi connectivity index (χ1v) is 8.90. The SMILES string of the molecule is Cl.N[C@@H](C=O)[C@@H](O)[C@H](O)[C@H](O)CO.N[C@@H](C=O)[C@@H](O)[C@H](O)[C@H](O)CO.O=S(=O)(O)O. The van der Waals surface area contributed by atoms with E-state index >= 15 is 0 Å². The predicted molar refractivity (Wildman–Crippen MR) is 99.7 cm³/mol. The van der Waals surface area contributed by atoms with Crippen LogP contribution in [0.5, 0.6) is 0 Å². The van der Waals surface area contributed by atoms with Gasteiger partial charge in [-0.15, -0.1) is 12.4 Å². The van der Waals surface area contributed by atoms with Crippen molar-refractivity contribution in [1.29, 1.82) is 0 Å². The molecule has 14 N–H and O–H groups in total. The van der Waals surface area contributed by atoms with Crippen molar-refractivity contribution in [2.45, 2.75) is 48.7 Å². The first kappa shape index (κ1) is 36.5. The Hall–Kier alpha value is -0.900. The highest BCUT2D eigenvalue weighted by Crippen LogP contribution is 2.02. The van der Waals surface area contributed by atoms with Crippen LogP contribution in [0.25, 0.3) is 0 Å². The molecule has 0 aliphatic carbocycles. The lowest BCUT2D eigenvalue weighted by molar-refractivity contribution is -0.118. The van der Waals surface area contributed by atoms with Crippen LogP contribution in [0.4, 0.5) is 0 Å². The molecule has 0 rings (SSSR count). The van der Waals surface area contributed by atoms with Crippen molar-refractivity contribution in [2.75, 3.05) is 13.2 Å². The standard InChI is InChI=1S/2C6H13NO5.ClH.H2O4S/c2*7-3(1-8)5(11)6(12)4(10)2-9;;1-5(2,3)4/h2*1,3-6,9-12H,2,7H2;1H;(H2,1,2,3,4)/t2*3-,4+,5+,6+;;/m00../s1. The molecule has 0 aromatic rings. The van der Waals surface area contributed by atoms with Crippen molar-refractivity contribution in [3.63, 3.8) is 0 Å². The van der Waals surface area contributed by atoms with Gasteiger partial charge in [-0.25, -0.2) is 0 Å². The second-order valence-corrected chi connectivity index (χ2v) is 6.23. The number of rotatable bonds is 10. The minimum Gasteiger partial charge on any atom is -0.394 e. The number of hydrogen-bond donors (Lipinski definition) is 12. The lowest BCUT2D eigenvalue weighted by Gasteiger charge is -2.23. The number of carbonyl (C=O) groups is 2. The van der Waals surface area contributed by atoms with Gasteiger partial charge in [0.15, 0.2) is 0 Å². The van der Waals surface area contributed by atoms with Crippen LogP contribution < -0.4 is 11.5 Å². The van der Waals surface area contributed by atoms with E-state index in [0.29, 0.717) is 0 Å². The normalized spacial score (nSPS) is 18.8. The third-order valence-electron chi connectivity index (χ3n) is 2.97. The highest BCUT2D eigenvalue weighted by molar-refractivity contribution is 7.79. The molecule has 0 fully saturated rings. The largest absolute Gasteiger partial charge is 0.394 e. The lowest BCUT2D eigenvalue weighted by Crippen LogP contribution is -2.49. The molecule has 0 aliphatic heterocycles. The topological polar surface area (TPSA) is 323 Å². The maximum absolute atomic E-state index is 10.0. The van der Waals surface area contributed by atoms with E-state index in [2.05, 4.69) is 0 Å². The van der Waals surface area contributed by atoms with Crippen molar-refractivity contribution < 1.29 is 68.0 Å². The molecule has 0 saturated carbocycles. The summed E-state index contributed by atoms with van der Waals surface area (Å²) in [5.74, 6) is 0. The molecule has 0 aromatic carbocycles. The summed E-state index contributed by atoms with van der Waals surface area (Å²) in [6.45, 7) is -1.41.